The number of amidine groups is 1. The van der Waals surface area contributed by atoms with Gasteiger partial charge in [0.1, 0.15) is 5.84 Å². The molecule has 6 rings (SSSR count). The summed E-state index contributed by atoms with van der Waals surface area (Å²) in [4.78, 5) is 18.8. The molecule has 1 saturated heterocycles. The molecule has 0 unspecified atom stereocenters. The van der Waals surface area contributed by atoms with Crippen LogP contribution in [0.25, 0.3) is 11.1 Å². The third-order valence-corrected chi connectivity index (χ3v) is 9.97. The molecule has 1 amide bonds. The summed E-state index contributed by atoms with van der Waals surface area (Å²) in [7, 11) is 1.78. The lowest BCUT2D eigenvalue weighted by Crippen LogP contribution is -2.49. The van der Waals surface area contributed by atoms with Crippen molar-refractivity contribution in [1.29, 1.82) is 5.41 Å². The van der Waals surface area contributed by atoms with E-state index in [1.807, 2.05) is 24.8 Å². The van der Waals surface area contributed by atoms with Gasteiger partial charge < -0.3 is 20.0 Å². The number of hydrogen-bond donors (Lipinski definition) is 2. The SMILES string of the molecule is CC.CC(=O)N1CCC(NC2CCN(C3CCCCC3)CC2)=C(C(=N)N2CCCc3cc(-c4cnn(C)c4)c(C(F)F)cc32)C1. The summed E-state index contributed by atoms with van der Waals surface area (Å²) in [6, 6.07) is 4.51. The van der Waals surface area contributed by atoms with E-state index >= 15 is 0 Å². The Labute approximate surface area is 267 Å². The molecule has 1 aliphatic carbocycles. The molecule has 8 nitrogen and oxygen atoms in total. The van der Waals surface area contributed by atoms with Crippen molar-refractivity contribution in [2.45, 2.75) is 103 Å². The Kier molecular flexibility index (Phi) is 10.9. The van der Waals surface area contributed by atoms with Crippen LogP contribution in [0.3, 0.4) is 0 Å². The molecule has 246 valence electrons. The van der Waals surface area contributed by atoms with Gasteiger partial charge in [-0.15, -0.1) is 0 Å². The van der Waals surface area contributed by atoms with Gasteiger partial charge in [-0.05, 0) is 61.8 Å². The quantitative estimate of drug-likeness (QED) is 0.278. The molecule has 1 aromatic heterocycles. The van der Waals surface area contributed by atoms with Gasteiger partial charge in [-0.25, -0.2) is 8.78 Å². The Morgan fingerprint density at radius 3 is 2.38 bits per heavy atom. The summed E-state index contributed by atoms with van der Waals surface area (Å²) in [6.45, 7) is 9.33. The van der Waals surface area contributed by atoms with E-state index in [1.54, 1.807) is 42.0 Å². The number of nitrogens with zero attached hydrogens (tertiary/aromatic N) is 5. The highest BCUT2D eigenvalue weighted by molar-refractivity contribution is 6.09. The number of carbonyl (C=O) groups excluding carboxylic acids is 1. The fourth-order valence-electron chi connectivity index (χ4n) is 7.55. The number of halogens is 2. The number of likely N-dealkylation sites (tertiary alicyclic amines) is 1. The van der Waals surface area contributed by atoms with Gasteiger partial charge in [-0.1, -0.05) is 33.1 Å². The van der Waals surface area contributed by atoms with Crippen LogP contribution in [-0.4, -0.2) is 76.1 Å². The minimum absolute atomic E-state index is 0.00900. The highest BCUT2D eigenvalue weighted by Gasteiger charge is 2.32. The largest absolute Gasteiger partial charge is 0.385 e. The predicted molar refractivity (Wildman–Crippen MR) is 177 cm³/mol. The third kappa shape index (κ3) is 7.42. The Balaban J connectivity index is 0.00000196. The predicted octanol–water partition coefficient (Wildman–Crippen LogP) is 6.67. The van der Waals surface area contributed by atoms with Crippen LogP contribution in [-0.2, 0) is 18.3 Å². The molecule has 0 radical (unpaired) electrons. The first-order valence-electron chi connectivity index (χ1n) is 17.1. The number of nitrogens with one attached hydrogen (secondary N) is 2. The third-order valence-electron chi connectivity index (χ3n) is 9.97. The zero-order valence-corrected chi connectivity index (χ0v) is 27.5. The van der Waals surface area contributed by atoms with E-state index in [9.17, 15) is 19.0 Å². The molecular weight excluding hydrogens is 572 g/mol. The molecule has 0 spiro atoms. The number of alkyl halides is 2. The van der Waals surface area contributed by atoms with E-state index in [2.05, 4.69) is 15.3 Å². The Bertz CT molecular complexity index is 1370. The van der Waals surface area contributed by atoms with Crippen molar-refractivity contribution in [2.24, 2.45) is 7.05 Å². The molecule has 1 saturated carbocycles. The number of hydrogen-bond acceptors (Lipinski definition) is 5. The summed E-state index contributed by atoms with van der Waals surface area (Å²) < 4.78 is 30.5. The zero-order chi connectivity index (χ0) is 32.1. The normalized spacial score (nSPS) is 20.2. The molecule has 2 aromatic rings. The fraction of sp³-hybridized carbons (Fsp3) is 0.629. The van der Waals surface area contributed by atoms with Gasteiger partial charge in [-0.2, -0.15) is 5.10 Å². The summed E-state index contributed by atoms with van der Waals surface area (Å²) in [6.07, 6.45) is 11.8. The maximum absolute atomic E-state index is 14.4. The number of piperidine rings is 1. The van der Waals surface area contributed by atoms with Crippen molar-refractivity contribution in [3.63, 3.8) is 0 Å². The highest BCUT2D eigenvalue weighted by Crippen LogP contribution is 2.40. The number of carbonyl (C=O) groups is 1. The molecule has 45 heavy (non-hydrogen) atoms. The van der Waals surface area contributed by atoms with E-state index in [4.69, 9.17) is 0 Å². The van der Waals surface area contributed by atoms with E-state index in [1.165, 1.54) is 32.1 Å². The van der Waals surface area contributed by atoms with Crippen LogP contribution in [0.4, 0.5) is 14.5 Å². The summed E-state index contributed by atoms with van der Waals surface area (Å²) >= 11 is 0. The van der Waals surface area contributed by atoms with Gasteiger partial charge in [0.25, 0.3) is 6.43 Å². The van der Waals surface area contributed by atoms with Gasteiger partial charge in [0.15, 0.2) is 0 Å². The van der Waals surface area contributed by atoms with Crippen LogP contribution in [0.5, 0.6) is 0 Å². The molecule has 0 bridgehead atoms. The maximum Gasteiger partial charge on any atom is 0.264 e. The van der Waals surface area contributed by atoms with Crippen molar-refractivity contribution in [3.8, 4) is 11.1 Å². The van der Waals surface area contributed by atoms with Gasteiger partial charge in [0.05, 0.1) is 12.7 Å². The van der Waals surface area contributed by atoms with Gasteiger partial charge in [0, 0.05) is 92.9 Å². The number of aryl methyl sites for hydroxylation is 2. The first-order chi connectivity index (χ1) is 21.8. The topological polar surface area (TPSA) is 80.5 Å². The number of aromatic nitrogens is 2. The second kappa shape index (κ2) is 14.9. The average molecular weight is 624 g/mol. The molecule has 1 aromatic carbocycles. The van der Waals surface area contributed by atoms with Crippen LogP contribution >= 0.6 is 0 Å². The molecule has 0 atom stereocenters. The standard InChI is InChI=1S/C33H45F2N7O.C2H6/c1-22(43)41-16-12-30(38-25-10-14-40(15-11-25)26-8-4-3-5-9-26)29(21-41)33(36)42-13-6-7-23-17-27(24-19-37-39(2)20-24)28(32(34)35)18-31(23)42;1-2/h17-20,25-26,32,36,38H,3-16,21H2,1-2H3;1-2H3. The fourth-order valence-corrected chi connectivity index (χ4v) is 7.55. The maximum atomic E-state index is 14.4. The average Bonchev–Trinajstić information content (AvgIpc) is 3.51. The Morgan fingerprint density at radius 1 is 1.00 bits per heavy atom. The van der Waals surface area contributed by atoms with Crippen molar-refractivity contribution >= 4 is 17.4 Å². The number of amides is 1. The number of anilines is 1. The second-order valence-corrected chi connectivity index (χ2v) is 12.8. The monoisotopic (exact) mass is 623 g/mol. The van der Waals surface area contributed by atoms with E-state index in [-0.39, 0.29) is 11.5 Å². The van der Waals surface area contributed by atoms with E-state index in [0.717, 1.165) is 61.6 Å². The van der Waals surface area contributed by atoms with Crippen LogP contribution < -0.4 is 10.2 Å². The Morgan fingerprint density at radius 2 is 1.73 bits per heavy atom. The minimum Gasteiger partial charge on any atom is -0.385 e. The summed E-state index contributed by atoms with van der Waals surface area (Å²) in [5, 5.41) is 17.4. The molecule has 10 heteroatoms. The molecule has 3 aliphatic heterocycles. The molecular formula is C35H51F2N7O. The smallest absolute Gasteiger partial charge is 0.264 e. The lowest BCUT2D eigenvalue weighted by atomic mass is 9.91. The van der Waals surface area contributed by atoms with Crippen molar-refractivity contribution in [1.82, 2.24) is 24.9 Å². The lowest BCUT2D eigenvalue weighted by Gasteiger charge is -2.41. The Hall–Kier alpha value is -3.27. The number of benzene rings is 1. The van der Waals surface area contributed by atoms with Gasteiger partial charge in [-0.3, -0.25) is 14.9 Å². The van der Waals surface area contributed by atoms with Crippen molar-refractivity contribution < 1.29 is 13.6 Å². The summed E-state index contributed by atoms with van der Waals surface area (Å²) in [5.74, 6) is 0.300. The van der Waals surface area contributed by atoms with E-state index < -0.39 is 6.43 Å². The second-order valence-electron chi connectivity index (χ2n) is 12.8. The molecule has 4 heterocycles. The number of rotatable bonds is 6. The zero-order valence-electron chi connectivity index (χ0n) is 27.5. The molecule has 2 fully saturated rings. The van der Waals surface area contributed by atoms with Crippen LogP contribution in [0, 0.1) is 5.41 Å². The molecule has 2 N–H and O–H groups in total. The summed E-state index contributed by atoms with van der Waals surface area (Å²) in [5.41, 5.74) is 4.59. The highest BCUT2D eigenvalue weighted by atomic mass is 19.3. The molecule has 4 aliphatic rings. The van der Waals surface area contributed by atoms with Crippen LogP contribution in [0.15, 0.2) is 35.8 Å². The first kappa shape index (κ1) is 33.1. The van der Waals surface area contributed by atoms with Gasteiger partial charge >= 0.3 is 0 Å². The first-order valence-corrected chi connectivity index (χ1v) is 17.1. The number of fused-ring (bicyclic) bond motifs is 1. The van der Waals surface area contributed by atoms with Crippen molar-refractivity contribution in [3.05, 3.63) is 46.9 Å². The van der Waals surface area contributed by atoms with Crippen LogP contribution in [0.2, 0.25) is 0 Å². The van der Waals surface area contributed by atoms with E-state index in [0.29, 0.717) is 54.7 Å². The van der Waals surface area contributed by atoms with Crippen LogP contribution in [0.1, 0.15) is 96.1 Å². The minimum atomic E-state index is -2.66. The van der Waals surface area contributed by atoms with Gasteiger partial charge in [0.2, 0.25) is 5.91 Å². The lowest BCUT2D eigenvalue weighted by molar-refractivity contribution is -0.128. The van der Waals surface area contributed by atoms with Crippen molar-refractivity contribution in [2.75, 3.05) is 37.6 Å².